The van der Waals surface area contributed by atoms with Crippen LogP contribution in [0.25, 0.3) is 0 Å². The van der Waals surface area contributed by atoms with Crippen molar-refractivity contribution in [1.29, 1.82) is 0 Å². The van der Waals surface area contributed by atoms with E-state index in [0.29, 0.717) is 0 Å². The Kier molecular flexibility index (Phi) is 3.68. The quantitative estimate of drug-likeness (QED) is 0.662. The fourth-order valence-corrected chi connectivity index (χ4v) is 3.28. The number of rotatable bonds is 2. The van der Waals surface area contributed by atoms with Gasteiger partial charge < -0.3 is 0 Å². The second-order valence-corrected chi connectivity index (χ2v) is 5.76. The molecule has 16 heavy (non-hydrogen) atoms. The van der Waals surface area contributed by atoms with Crippen molar-refractivity contribution in [3.63, 3.8) is 0 Å². The van der Waals surface area contributed by atoms with Crippen LogP contribution in [0, 0.1) is 17.8 Å². The van der Waals surface area contributed by atoms with Gasteiger partial charge in [0.05, 0.1) is 0 Å². The highest BCUT2D eigenvalue weighted by atomic mass is 14.3. The SMILES string of the molecule is CC1CCC(C)C(C(C)c2ccccc2)C1. The second kappa shape index (κ2) is 5.03. The van der Waals surface area contributed by atoms with Gasteiger partial charge in [-0.2, -0.15) is 0 Å². The molecule has 4 atom stereocenters. The maximum atomic E-state index is 2.44. The van der Waals surface area contributed by atoms with Gasteiger partial charge in [-0.3, -0.25) is 0 Å². The van der Waals surface area contributed by atoms with Crippen LogP contribution in [0.5, 0.6) is 0 Å². The fraction of sp³-hybridized carbons (Fsp3) is 0.625. The molecule has 1 aromatic rings. The van der Waals surface area contributed by atoms with Crippen LogP contribution < -0.4 is 0 Å². The van der Waals surface area contributed by atoms with Crippen LogP contribution in [-0.2, 0) is 0 Å². The van der Waals surface area contributed by atoms with Crippen molar-refractivity contribution in [2.75, 3.05) is 0 Å². The van der Waals surface area contributed by atoms with E-state index in [1.54, 1.807) is 0 Å². The smallest absolute Gasteiger partial charge is 0.0159 e. The van der Waals surface area contributed by atoms with Crippen molar-refractivity contribution in [3.05, 3.63) is 35.9 Å². The Bertz CT molecular complexity index is 314. The molecular formula is C16H24. The molecule has 4 unspecified atom stereocenters. The average molecular weight is 216 g/mol. The summed E-state index contributed by atoms with van der Waals surface area (Å²) in [5.41, 5.74) is 1.52. The van der Waals surface area contributed by atoms with Gasteiger partial charge in [0, 0.05) is 0 Å². The van der Waals surface area contributed by atoms with E-state index in [-0.39, 0.29) is 0 Å². The predicted octanol–water partition coefficient (Wildman–Crippen LogP) is 4.86. The van der Waals surface area contributed by atoms with E-state index in [2.05, 4.69) is 51.1 Å². The van der Waals surface area contributed by atoms with E-state index < -0.39 is 0 Å². The van der Waals surface area contributed by atoms with Gasteiger partial charge in [-0.25, -0.2) is 0 Å². The Hall–Kier alpha value is -0.780. The number of hydrogen-bond donors (Lipinski definition) is 0. The van der Waals surface area contributed by atoms with Gasteiger partial charge in [-0.15, -0.1) is 0 Å². The molecular weight excluding hydrogens is 192 g/mol. The first kappa shape index (κ1) is 11.7. The molecule has 0 aliphatic heterocycles. The highest BCUT2D eigenvalue weighted by molar-refractivity contribution is 5.20. The van der Waals surface area contributed by atoms with Crippen LogP contribution in [0.3, 0.4) is 0 Å². The second-order valence-electron chi connectivity index (χ2n) is 5.76. The normalized spacial score (nSPS) is 32.3. The van der Waals surface area contributed by atoms with Crippen LogP contribution in [-0.4, -0.2) is 0 Å². The largest absolute Gasteiger partial charge is 0.0625 e. The lowest BCUT2D eigenvalue weighted by Crippen LogP contribution is -2.26. The Morgan fingerprint density at radius 1 is 1.06 bits per heavy atom. The van der Waals surface area contributed by atoms with E-state index in [0.717, 1.165) is 23.7 Å². The van der Waals surface area contributed by atoms with E-state index in [4.69, 9.17) is 0 Å². The zero-order valence-electron chi connectivity index (χ0n) is 10.8. The van der Waals surface area contributed by atoms with Crippen LogP contribution in [0.4, 0.5) is 0 Å². The molecule has 0 bridgehead atoms. The lowest BCUT2D eigenvalue weighted by atomic mass is 9.69. The summed E-state index contributed by atoms with van der Waals surface area (Å²) in [6.07, 6.45) is 4.26. The molecule has 0 saturated heterocycles. The van der Waals surface area contributed by atoms with E-state index in [9.17, 15) is 0 Å². The molecule has 2 rings (SSSR count). The van der Waals surface area contributed by atoms with Crippen LogP contribution in [0.2, 0.25) is 0 Å². The molecule has 0 spiro atoms. The molecule has 0 radical (unpaired) electrons. The minimum atomic E-state index is 0.721. The number of benzene rings is 1. The molecule has 1 aromatic carbocycles. The molecule has 1 aliphatic carbocycles. The molecule has 1 aliphatic rings. The third-order valence-electron chi connectivity index (χ3n) is 4.49. The Balaban J connectivity index is 2.11. The molecule has 0 heteroatoms. The lowest BCUT2D eigenvalue weighted by Gasteiger charge is -2.37. The average Bonchev–Trinajstić information content (AvgIpc) is 2.32. The minimum absolute atomic E-state index is 0.721. The van der Waals surface area contributed by atoms with Gasteiger partial charge in [0.1, 0.15) is 0 Å². The molecule has 0 amide bonds. The summed E-state index contributed by atoms with van der Waals surface area (Å²) in [4.78, 5) is 0. The van der Waals surface area contributed by atoms with Crippen molar-refractivity contribution >= 4 is 0 Å². The van der Waals surface area contributed by atoms with E-state index in [1.165, 1.54) is 24.8 Å². The Labute approximate surface area is 100 Å². The van der Waals surface area contributed by atoms with Crippen molar-refractivity contribution in [3.8, 4) is 0 Å². The van der Waals surface area contributed by atoms with E-state index >= 15 is 0 Å². The zero-order valence-corrected chi connectivity index (χ0v) is 10.8. The van der Waals surface area contributed by atoms with Gasteiger partial charge in [0.15, 0.2) is 0 Å². The van der Waals surface area contributed by atoms with Crippen molar-refractivity contribution in [2.45, 2.75) is 46.0 Å². The van der Waals surface area contributed by atoms with Gasteiger partial charge >= 0.3 is 0 Å². The summed E-state index contributed by atoms with van der Waals surface area (Å²) < 4.78 is 0. The predicted molar refractivity (Wildman–Crippen MR) is 70.5 cm³/mol. The maximum Gasteiger partial charge on any atom is -0.0159 e. The molecule has 1 fully saturated rings. The Morgan fingerprint density at radius 3 is 2.44 bits per heavy atom. The summed E-state index contributed by atoms with van der Waals surface area (Å²) >= 11 is 0. The minimum Gasteiger partial charge on any atom is -0.0625 e. The maximum absolute atomic E-state index is 2.44. The third-order valence-corrected chi connectivity index (χ3v) is 4.49. The topological polar surface area (TPSA) is 0 Å². The first-order valence-corrected chi connectivity index (χ1v) is 6.73. The Morgan fingerprint density at radius 2 is 1.75 bits per heavy atom. The summed E-state index contributed by atoms with van der Waals surface area (Å²) in [7, 11) is 0. The lowest BCUT2D eigenvalue weighted by molar-refractivity contribution is 0.179. The molecule has 0 nitrogen and oxygen atoms in total. The summed E-state index contributed by atoms with van der Waals surface area (Å²) in [6.45, 7) is 7.26. The van der Waals surface area contributed by atoms with Gasteiger partial charge in [0.2, 0.25) is 0 Å². The van der Waals surface area contributed by atoms with Crippen LogP contribution in [0.15, 0.2) is 30.3 Å². The standard InChI is InChI=1S/C16H24/c1-12-9-10-13(2)16(11-12)14(3)15-7-5-4-6-8-15/h4-8,12-14,16H,9-11H2,1-3H3. The molecule has 0 N–H and O–H groups in total. The third kappa shape index (κ3) is 2.48. The summed E-state index contributed by atoms with van der Waals surface area (Å²) in [5, 5.41) is 0. The van der Waals surface area contributed by atoms with Crippen molar-refractivity contribution in [2.24, 2.45) is 17.8 Å². The van der Waals surface area contributed by atoms with Crippen LogP contribution in [0.1, 0.15) is 51.5 Å². The molecule has 0 heterocycles. The summed E-state index contributed by atoms with van der Waals surface area (Å²) in [5.74, 6) is 3.42. The fourth-order valence-electron chi connectivity index (χ4n) is 3.28. The molecule has 1 saturated carbocycles. The highest BCUT2D eigenvalue weighted by Gasteiger charge is 2.30. The van der Waals surface area contributed by atoms with Gasteiger partial charge in [0.25, 0.3) is 0 Å². The van der Waals surface area contributed by atoms with E-state index in [1.807, 2.05) is 0 Å². The molecule has 88 valence electrons. The van der Waals surface area contributed by atoms with Crippen LogP contribution >= 0.6 is 0 Å². The van der Waals surface area contributed by atoms with Gasteiger partial charge in [-0.1, -0.05) is 63.9 Å². The summed E-state index contributed by atoms with van der Waals surface area (Å²) in [6, 6.07) is 11.0. The monoisotopic (exact) mass is 216 g/mol. The zero-order chi connectivity index (χ0) is 11.5. The highest BCUT2D eigenvalue weighted by Crippen LogP contribution is 2.41. The molecule has 0 aromatic heterocycles. The number of hydrogen-bond acceptors (Lipinski definition) is 0. The first-order chi connectivity index (χ1) is 7.68. The van der Waals surface area contributed by atoms with Crippen molar-refractivity contribution < 1.29 is 0 Å². The first-order valence-electron chi connectivity index (χ1n) is 6.73. The van der Waals surface area contributed by atoms with Gasteiger partial charge in [-0.05, 0) is 35.7 Å². The van der Waals surface area contributed by atoms with Crippen molar-refractivity contribution in [1.82, 2.24) is 0 Å².